The largest absolute Gasteiger partial charge is 0.384 e. The zero-order valence-corrected chi connectivity index (χ0v) is 7.86. The molecule has 14 heavy (non-hydrogen) atoms. The molecule has 4 nitrogen and oxygen atoms in total. The number of nitrogens with two attached hydrogens (primary N) is 1. The van der Waals surface area contributed by atoms with Crippen molar-refractivity contribution in [1.82, 2.24) is 10.3 Å². The molecule has 1 aromatic heterocycles. The summed E-state index contributed by atoms with van der Waals surface area (Å²) in [5, 5.41) is 2.82. The Morgan fingerprint density at radius 1 is 1.57 bits per heavy atom. The van der Waals surface area contributed by atoms with Crippen LogP contribution in [0.1, 0.15) is 12.0 Å². The molecule has 0 aromatic carbocycles. The number of nitrogens with zero attached hydrogens (tertiary/aromatic N) is 1. The van der Waals surface area contributed by atoms with E-state index in [4.69, 9.17) is 5.73 Å². The minimum absolute atomic E-state index is 0.151. The van der Waals surface area contributed by atoms with Gasteiger partial charge in [-0.3, -0.25) is 4.79 Å². The molecule has 1 unspecified atom stereocenters. The lowest BCUT2D eigenvalue weighted by atomic mass is 10.00. The second-order valence-corrected chi connectivity index (χ2v) is 3.67. The number of anilines is 1. The molecule has 0 aliphatic carbocycles. The molecule has 1 amide bonds. The van der Waals surface area contributed by atoms with Crippen molar-refractivity contribution in [3.63, 3.8) is 0 Å². The van der Waals surface area contributed by atoms with Crippen molar-refractivity contribution in [3.05, 3.63) is 23.9 Å². The molecule has 1 aliphatic heterocycles. The van der Waals surface area contributed by atoms with Crippen LogP contribution in [0.4, 0.5) is 5.82 Å². The summed E-state index contributed by atoms with van der Waals surface area (Å²) < 4.78 is 0. The lowest BCUT2D eigenvalue weighted by Crippen LogP contribution is -2.14. The maximum Gasteiger partial charge on any atom is 0.220 e. The summed E-state index contributed by atoms with van der Waals surface area (Å²) in [5.74, 6) is 1.10. The van der Waals surface area contributed by atoms with Gasteiger partial charge in [-0.05, 0) is 24.0 Å². The number of carbonyl (C=O) groups is 1. The van der Waals surface area contributed by atoms with Gasteiger partial charge in [-0.1, -0.05) is 6.07 Å². The Kier molecular flexibility index (Phi) is 2.35. The second kappa shape index (κ2) is 3.65. The summed E-state index contributed by atoms with van der Waals surface area (Å²) in [7, 11) is 0. The Morgan fingerprint density at radius 3 is 3.00 bits per heavy atom. The molecule has 1 atom stereocenters. The van der Waals surface area contributed by atoms with Crippen LogP contribution in [0.2, 0.25) is 0 Å². The van der Waals surface area contributed by atoms with Gasteiger partial charge in [-0.2, -0.15) is 0 Å². The third-order valence-electron chi connectivity index (χ3n) is 2.43. The number of nitrogens with one attached hydrogen (secondary N) is 1. The maximum atomic E-state index is 11.0. The molecular formula is C10H13N3O. The van der Waals surface area contributed by atoms with E-state index in [1.807, 2.05) is 6.07 Å². The number of pyridine rings is 1. The first-order valence-electron chi connectivity index (χ1n) is 4.71. The zero-order chi connectivity index (χ0) is 9.97. The second-order valence-electron chi connectivity index (χ2n) is 3.67. The van der Waals surface area contributed by atoms with E-state index in [9.17, 15) is 4.79 Å². The summed E-state index contributed by atoms with van der Waals surface area (Å²) in [5.41, 5.74) is 6.62. The molecular weight excluding hydrogens is 178 g/mol. The van der Waals surface area contributed by atoms with E-state index in [0.717, 1.165) is 18.5 Å². The van der Waals surface area contributed by atoms with Crippen molar-refractivity contribution in [2.45, 2.75) is 12.8 Å². The molecule has 0 spiro atoms. The maximum absolute atomic E-state index is 11.0. The molecule has 1 aromatic rings. The van der Waals surface area contributed by atoms with Crippen molar-refractivity contribution in [2.24, 2.45) is 5.92 Å². The number of aromatic nitrogens is 1. The van der Waals surface area contributed by atoms with Gasteiger partial charge in [0.15, 0.2) is 0 Å². The van der Waals surface area contributed by atoms with Crippen LogP contribution < -0.4 is 11.1 Å². The van der Waals surface area contributed by atoms with Gasteiger partial charge in [0.1, 0.15) is 5.82 Å². The minimum atomic E-state index is 0.151. The summed E-state index contributed by atoms with van der Waals surface area (Å²) in [6.45, 7) is 0.781. The lowest BCUT2D eigenvalue weighted by molar-refractivity contribution is -0.119. The number of carbonyl (C=O) groups excluding carboxylic acids is 1. The van der Waals surface area contributed by atoms with Gasteiger partial charge in [-0.15, -0.1) is 0 Å². The van der Waals surface area contributed by atoms with Crippen molar-refractivity contribution in [1.29, 1.82) is 0 Å². The lowest BCUT2D eigenvalue weighted by Gasteiger charge is -2.06. The van der Waals surface area contributed by atoms with Gasteiger partial charge >= 0.3 is 0 Å². The Bertz CT molecular complexity index is 334. The highest BCUT2D eigenvalue weighted by Crippen LogP contribution is 2.15. The molecule has 74 valence electrons. The standard InChI is InChI=1S/C10H13N3O/c11-9-2-1-7(5-12-9)3-8-4-10(14)13-6-8/h1-2,5,8H,3-4,6H2,(H2,11,12)(H,13,14). The third-order valence-corrected chi connectivity index (χ3v) is 2.43. The zero-order valence-electron chi connectivity index (χ0n) is 7.86. The van der Waals surface area contributed by atoms with E-state index in [1.54, 1.807) is 12.3 Å². The van der Waals surface area contributed by atoms with E-state index in [0.29, 0.717) is 18.2 Å². The van der Waals surface area contributed by atoms with Gasteiger partial charge in [0.05, 0.1) is 0 Å². The molecule has 1 saturated heterocycles. The summed E-state index contributed by atoms with van der Waals surface area (Å²) in [6, 6.07) is 3.75. The predicted octanol–water partition coefficient (Wildman–Crippen LogP) is 0.342. The van der Waals surface area contributed by atoms with Crippen LogP contribution in [0.15, 0.2) is 18.3 Å². The molecule has 0 radical (unpaired) electrons. The van der Waals surface area contributed by atoms with Gasteiger partial charge in [-0.25, -0.2) is 4.98 Å². The monoisotopic (exact) mass is 191 g/mol. The van der Waals surface area contributed by atoms with Crippen molar-refractivity contribution < 1.29 is 4.79 Å². The number of rotatable bonds is 2. The van der Waals surface area contributed by atoms with E-state index in [2.05, 4.69) is 10.3 Å². The van der Waals surface area contributed by atoms with Crippen molar-refractivity contribution in [3.8, 4) is 0 Å². The molecule has 2 rings (SSSR count). The Hall–Kier alpha value is -1.58. The van der Waals surface area contributed by atoms with Crippen LogP contribution in [-0.4, -0.2) is 17.4 Å². The Labute approximate surface area is 82.5 Å². The van der Waals surface area contributed by atoms with E-state index >= 15 is 0 Å². The number of amides is 1. The fourth-order valence-electron chi connectivity index (χ4n) is 1.70. The van der Waals surface area contributed by atoms with Gasteiger partial charge in [0.25, 0.3) is 0 Å². The van der Waals surface area contributed by atoms with Gasteiger partial charge in [0, 0.05) is 19.2 Å². The highest BCUT2D eigenvalue weighted by atomic mass is 16.1. The molecule has 0 saturated carbocycles. The molecule has 1 aliphatic rings. The van der Waals surface area contributed by atoms with Crippen LogP contribution in [0.5, 0.6) is 0 Å². The van der Waals surface area contributed by atoms with Crippen LogP contribution in [-0.2, 0) is 11.2 Å². The average molecular weight is 191 g/mol. The topological polar surface area (TPSA) is 68.0 Å². The summed E-state index contributed by atoms with van der Waals surface area (Å²) in [6.07, 6.45) is 3.30. The Balaban J connectivity index is 1.97. The van der Waals surface area contributed by atoms with Crippen LogP contribution in [0, 0.1) is 5.92 Å². The number of hydrogen-bond acceptors (Lipinski definition) is 3. The van der Waals surface area contributed by atoms with Crippen molar-refractivity contribution >= 4 is 11.7 Å². The molecule has 4 heteroatoms. The quantitative estimate of drug-likeness (QED) is 0.708. The van der Waals surface area contributed by atoms with Crippen LogP contribution in [0.3, 0.4) is 0 Å². The van der Waals surface area contributed by atoms with Gasteiger partial charge in [0.2, 0.25) is 5.91 Å². The highest BCUT2D eigenvalue weighted by Gasteiger charge is 2.21. The highest BCUT2D eigenvalue weighted by molar-refractivity contribution is 5.78. The van der Waals surface area contributed by atoms with E-state index in [-0.39, 0.29) is 5.91 Å². The predicted molar refractivity (Wildman–Crippen MR) is 53.5 cm³/mol. The summed E-state index contributed by atoms with van der Waals surface area (Å²) >= 11 is 0. The molecule has 3 N–H and O–H groups in total. The summed E-state index contributed by atoms with van der Waals surface area (Å²) in [4.78, 5) is 15.0. The normalized spacial score (nSPS) is 20.9. The van der Waals surface area contributed by atoms with Crippen LogP contribution in [0.25, 0.3) is 0 Å². The first-order valence-corrected chi connectivity index (χ1v) is 4.71. The molecule has 1 fully saturated rings. The number of hydrogen-bond donors (Lipinski definition) is 2. The SMILES string of the molecule is Nc1ccc(CC2CNC(=O)C2)cn1. The fourth-order valence-corrected chi connectivity index (χ4v) is 1.70. The number of nitrogen functional groups attached to an aromatic ring is 1. The van der Waals surface area contributed by atoms with E-state index < -0.39 is 0 Å². The molecule has 0 bridgehead atoms. The minimum Gasteiger partial charge on any atom is -0.384 e. The van der Waals surface area contributed by atoms with Crippen LogP contribution >= 0.6 is 0 Å². The van der Waals surface area contributed by atoms with Gasteiger partial charge < -0.3 is 11.1 Å². The third kappa shape index (κ3) is 2.02. The van der Waals surface area contributed by atoms with E-state index in [1.165, 1.54) is 0 Å². The first kappa shape index (κ1) is 8.99. The smallest absolute Gasteiger partial charge is 0.220 e. The fraction of sp³-hybridized carbons (Fsp3) is 0.400. The average Bonchev–Trinajstić information content (AvgIpc) is 2.56. The first-order chi connectivity index (χ1) is 6.74. The Morgan fingerprint density at radius 2 is 2.43 bits per heavy atom. The van der Waals surface area contributed by atoms with Crippen molar-refractivity contribution in [2.75, 3.05) is 12.3 Å². The molecule has 2 heterocycles.